The summed E-state index contributed by atoms with van der Waals surface area (Å²) >= 11 is 0. The van der Waals surface area contributed by atoms with Gasteiger partial charge in [-0.1, -0.05) is 58.0 Å². The average molecular weight is 987 g/mol. The number of hydrazine groups is 1. The number of fused-ring (bicyclic) bond motifs is 6. The second kappa shape index (κ2) is 23.4. The zero-order chi connectivity index (χ0) is 51.7. The minimum Gasteiger partial charge on any atom is -0.496 e. The molecule has 2 aliphatic heterocycles. The highest BCUT2D eigenvalue weighted by Gasteiger charge is 2.40. The fraction of sp³-hybridized carbons (Fsp3) is 0.463. The Morgan fingerprint density at radius 1 is 1.04 bits per heavy atom. The van der Waals surface area contributed by atoms with Crippen LogP contribution in [0.4, 0.5) is 5.69 Å². The number of likely N-dealkylation sites (N-methyl/N-ethyl adjacent to an activating group) is 1. The zero-order valence-electron chi connectivity index (χ0n) is 43.1. The monoisotopic (exact) mass is 987 g/mol. The van der Waals surface area contributed by atoms with Gasteiger partial charge in [0.25, 0.3) is 5.91 Å². The Hall–Kier alpha value is -7.14. The maximum Gasteiger partial charge on any atom is 0.326 e. The van der Waals surface area contributed by atoms with Crippen LogP contribution in [0.2, 0.25) is 0 Å². The van der Waals surface area contributed by atoms with E-state index in [4.69, 9.17) is 23.8 Å². The third-order valence-corrected chi connectivity index (χ3v) is 13.3. The summed E-state index contributed by atoms with van der Waals surface area (Å²) in [6.45, 7) is 11.5. The number of nitrogens with zero attached hydrogens (tertiary/aromatic N) is 7. The van der Waals surface area contributed by atoms with Crippen molar-refractivity contribution >= 4 is 40.3 Å². The van der Waals surface area contributed by atoms with E-state index in [0.29, 0.717) is 66.8 Å². The average Bonchev–Trinajstić information content (AvgIpc) is 3.68. The van der Waals surface area contributed by atoms with Crippen LogP contribution in [0.5, 0.6) is 17.2 Å². The molecule has 0 saturated carbocycles. The van der Waals surface area contributed by atoms with Crippen molar-refractivity contribution < 1.29 is 43.1 Å². The smallest absolute Gasteiger partial charge is 0.326 e. The number of aromatic nitrogens is 2. The number of ether oxygens (including phenoxy) is 4. The molecule has 2 aromatic heterocycles. The molecule has 0 spiro atoms. The number of rotatable bonds is 15. The molecule has 3 amide bonds. The fourth-order valence-corrected chi connectivity index (χ4v) is 9.67. The van der Waals surface area contributed by atoms with E-state index in [-0.39, 0.29) is 37.8 Å². The molecule has 7 rings (SSSR count). The first-order chi connectivity index (χ1) is 34.6. The van der Waals surface area contributed by atoms with Gasteiger partial charge in [-0.3, -0.25) is 24.4 Å². The van der Waals surface area contributed by atoms with Crippen molar-refractivity contribution in [2.24, 2.45) is 21.3 Å². The number of hydrogen-bond acceptors (Lipinski definition) is 13. The number of methoxy groups -OCH3 is 4. The molecule has 18 heteroatoms. The van der Waals surface area contributed by atoms with E-state index in [1.807, 2.05) is 44.3 Å². The van der Waals surface area contributed by atoms with Gasteiger partial charge in [-0.2, -0.15) is 10.4 Å². The first-order valence-corrected chi connectivity index (χ1v) is 24.4. The molecule has 2 N–H and O–H groups in total. The summed E-state index contributed by atoms with van der Waals surface area (Å²) in [6.07, 6.45) is 4.41. The van der Waals surface area contributed by atoms with Crippen LogP contribution < -0.4 is 25.0 Å². The van der Waals surface area contributed by atoms with Gasteiger partial charge in [-0.05, 0) is 71.7 Å². The number of carbonyl (C=O) groups is 3. The SMILES string of the molecule is CCn1c(-c2cnccc2COC)c2c3cc(ccc31)-c1cccc(c1)C[C@H](NC(=O)[C@H](C(C)C)N(C)C(=O)CCN=C=Nc1c(OC)cc(OC)cc1OC)C(=O)N1CCC[C@H](N1)[N+](=O)OCC(C)(C)C2. The lowest BCUT2D eigenvalue weighted by molar-refractivity contribution is -0.835. The van der Waals surface area contributed by atoms with Crippen LogP contribution in [0.3, 0.4) is 0 Å². The van der Waals surface area contributed by atoms with Crippen molar-refractivity contribution in [3.05, 3.63) is 94.7 Å². The molecule has 4 heterocycles. The highest BCUT2D eigenvalue weighted by atomic mass is 16.8. The quantitative estimate of drug-likeness (QED) is 0.0978. The van der Waals surface area contributed by atoms with Gasteiger partial charge in [0.05, 0.1) is 51.1 Å². The van der Waals surface area contributed by atoms with Gasteiger partial charge in [-0.25, -0.2) is 9.83 Å². The molecule has 3 atom stereocenters. The minimum absolute atomic E-state index is 0.0384. The summed E-state index contributed by atoms with van der Waals surface area (Å²) in [5.74, 6) is -0.289. The van der Waals surface area contributed by atoms with Crippen molar-refractivity contribution in [2.45, 2.75) is 98.1 Å². The molecule has 0 radical (unpaired) electrons. The normalized spacial score (nSPS) is 17.3. The topological polar surface area (TPSA) is 191 Å². The van der Waals surface area contributed by atoms with E-state index >= 15 is 0 Å². The lowest BCUT2D eigenvalue weighted by atomic mass is 9.84. The number of benzene rings is 3. The maximum atomic E-state index is 14.7. The minimum atomic E-state index is -1.08. The molecular formula is C54H68N9O9+. The van der Waals surface area contributed by atoms with Crippen LogP contribution in [0.15, 0.2) is 83.0 Å². The highest BCUT2D eigenvalue weighted by molar-refractivity contribution is 5.96. The van der Waals surface area contributed by atoms with Crippen LogP contribution in [0.1, 0.15) is 70.6 Å². The van der Waals surface area contributed by atoms with Crippen LogP contribution in [0, 0.1) is 16.2 Å². The van der Waals surface area contributed by atoms with Gasteiger partial charge in [0.15, 0.2) is 23.8 Å². The van der Waals surface area contributed by atoms with Gasteiger partial charge in [0, 0.05) is 92.9 Å². The first kappa shape index (κ1) is 52.7. The van der Waals surface area contributed by atoms with Gasteiger partial charge < -0.3 is 33.7 Å². The van der Waals surface area contributed by atoms with E-state index in [0.717, 1.165) is 50.0 Å². The number of nitrogens with one attached hydrogen (secondary N) is 2. The Morgan fingerprint density at radius 3 is 2.49 bits per heavy atom. The predicted molar refractivity (Wildman–Crippen MR) is 274 cm³/mol. The van der Waals surface area contributed by atoms with Crippen molar-refractivity contribution in [1.82, 2.24) is 30.2 Å². The summed E-state index contributed by atoms with van der Waals surface area (Å²) in [4.78, 5) is 77.9. The van der Waals surface area contributed by atoms with Gasteiger partial charge in [-0.15, -0.1) is 0 Å². The van der Waals surface area contributed by atoms with Crippen molar-refractivity contribution in [3.63, 3.8) is 0 Å². The standard InChI is InChI=1S/C54H67N9O9/c1-11-61-44-18-17-37-26-40(44)41(51(61)42-30-55-21-19-38(42)31-68-7)29-54(4,5)32-72-63(67)47-16-13-23-62(59-47)53(66)43(25-35-14-12-15-36(37)24-35)58-52(65)50(34(2)3)60(6)48(64)20-22-56-33-57-49-45(70-9)27-39(69-8)28-46(49)71-10/h12,14-15,17-19,21,24,26-28,30,34,43,47,50,59H,11,13,16,20,22-23,25,29,31-32H2,1-10H3/p+1/t43-,47+,50-/m0/s1. The molecular weight excluding hydrogens is 919 g/mol. The molecule has 72 heavy (non-hydrogen) atoms. The number of aryl methyl sites for hydroxylation is 1. The highest BCUT2D eigenvalue weighted by Crippen LogP contribution is 2.42. The first-order valence-electron chi connectivity index (χ1n) is 24.4. The number of aliphatic imine (C=N–C) groups is 2. The van der Waals surface area contributed by atoms with E-state index in [2.05, 4.69) is 81.3 Å². The third-order valence-electron chi connectivity index (χ3n) is 13.3. The summed E-state index contributed by atoms with van der Waals surface area (Å²) < 4.78 is 24.2. The second-order valence-corrected chi connectivity index (χ2v) is 19.3. The number of amides is 3. The van der Waals surface area contributed by atoms with Crippen molar-refractivity contribution in [1.29, 1.82) is 0 Å². The second-order valence-electron chi connectivity index (χ2n) is 19.3. The van der Waals surface area contributed by atoms with Crippen LogP contribution in [-0.2, 0) is 50.0 Å². The Balaban J connectivity index is 1.20. The van der Waals surface area contributed by atoms with Crippen LogP contribution in [-0.4, -0.2) is 122 Å². The number of carbonyl (C=O) groups excluding carboxylic acids is 3. The Bertz CT molecular complexity index is 2830. The molecule has 6 bridgehead atoms. The molecule has 1 fully saturated rings. The van der Waals surface area contributed by atoms with Gasteiger partial charge in [0.2, 0.25) is 16.7 Å². The molecule has 3 aromatic carbocycles. The van der Waals surface area contributed by atoms with Crippen LogP contribution >= 0.6 is 0 Å². The fourth-order valence-electron chi connectivity index (χ4n) is 9.67. The van der Waals surface area contributed by atoms with Gasteiger partial charge in [0.1, 0.15) is 17.8 Å². The number of pyridine rings is 1. The van der Waals surface area contributed by atoms with Crippen molar-refractivity contribution in [3.8, 4) is 39.6 Å². The van der Waals surface area contributed by atoms with Crippen molar-refractivity contribution in [2.75, 3.05) is 55.2 Å². The van der Waals surface area contributed by atoms with Crippen LogP contribution in [0.25, 0.3) is 33.3 Å². The summed E-state index contributed by atoms with van der Waals surface area (Å²) in [7, 11) is 7.78. The van der Waals surface area contributed by atoms with E-state index < -0.39 is 35.5 Å². The lowest BCUT2D eigenvalue weighted by Crippen LogP contribution is -2.62. The lowest BCUT2D eigenvalue weighted by Gasteiger charge is -2.34. The largest absolute Gasteiger partial charge is 0.496 e. The molecule has 5 aromatic rings. The zero-order valence-corrected chi connectivity index (χ0v) is 43.1. The molecule has 18 nitrogen and oxygen atoms in total. The Kier molecular flexibility index (Phi) is 17.1. The summed E-state index contributed by atoms with van der Waals surface area (Å²) in [6, 6.07) is 20.4. The third kappa shape index (κ3) is 11.8. The Morgan fingerprint density at radius 2 is 1.79 bits per heavy atom. The number of hydrogen-bond donors (Lipinski definition) is 2. The molecule has 382 valence electrons. The molecule has 0 aliphatic carbocycles. The van der Waals surface area contributed by atoms with E-state index in [1.54, 1.807) is 32.5 Å². The maximum absolute atomic E-state index is 14.7. The van der Waals surface area contributed by atoms with E-state index in [1.165, 1.54) is 31.2 Å². The molecule has 0 unspecified atom stereocenters. The van der Waals surface area contributed by atoms with E-state index in [9.17, 15) is 19.3 Å². The molecule has 1 saturated heterocycles. The summed E-state index contributed by atoms with van der Waals surface area (Å²) in [5.41, 5.74) is 10.9. The summed E-state index contributed by atoms with van der Waals surface area (Å²) in [5, 5.41) is 5.51. The van der Waals surface area contributed by atoms with Gasteiger partial charge >= 0.3 is 6.17 Å². The molecule has 2 aliphatic rings. The Labute approximate surface area is 421 Å². The predicted octanol–water partition coefficient (Wildman–Crippen LogP) is 7.71.